The molecule has 0 bridgehead atoms. The number of hydrogen-bond acceptors (Lipinski definition) is 5. The minimum Gasteiger partial charge on any atom is -0.356 e. The molecule has 33 heavy (non-hydrogen) atoms. The molecule has 0 atom stereocenters. The first-order chi connectivity index (χ1) is 15.7. The zero-order chi connectivity index (χ0) is 24.1. The molecule has 0 aliphatic rings. The molecule has 9 heteroatoms. The normalized spacial score (nSPS) is 12.0. The number of benzene rings is 2. The van der Waals surface area contributed by atoms with Crippen molar-refractivity contribution in [3.63, 3.8) is 0 Å². The van der Waals surface area contributed by atoms with Gasteiger partial charge in [0.1, 0.15) is 0 Å². The number of rotatable bonds is 10. The SMILES string of the molecule is CCC(CC)(c1ccc(NC(=O)CCc2cnoc2-c2ccc(SC)cc2)cc1)P(=O)(O)O. The standard InChI is InChI=1S/C24H29N2O5PS/c1-4-24(5-2,32(28,29)30)19-9-11-20(12-10-19)26-22(27)15-8-18-16-25-31-23(18)17-6-13-21(33-3)14-7-17/h6-7,9-14,16H,4-5,8,15H2,1-3H3,(H,26,27)(H2,28,29,30). The molecule has 0 aliphatic carbocycles. The van der Waals surface area contributed by atoms with Crippen LogP contribution in [-0.4, -0.2) is 27.1 Å². The fourth-order valence-corrected chi connectivity index (χ4v) is 5.71. The zero-order valence-electron chi connectivity index (χ0n) is 18.9. The molecule has 1 aromatic heterocycles. The summed E-state index contributed by atoms with van der Waals surface area (Å²) in [4.78, 5) is 33.5. The van der Waals surface area contributed by atoms with Gasteiger partial charge in [-0.15, -0.1) is 11.8 Å². The molecular formula is C24H29N2O5PS. The molecule has 1 heterocycles. The summed E-state index contributed by atoms with van der Waals surface area (Å²) in [5, 5.41) is 5.53. The summed E-state index contributed by atoms with van der Waals surface area (Å²) < 4.78 is 17.6. The van der Waals surface area contributed by atoms with E-state index in [0.717, 1.165) is 16.0 Å². The molecule has 3 aromatic rings. The molecule has 0 unspecified atom stereocenters. The average Bonchev–Trinajstić information content (AvgIpc) is 3.28. The Balaban J connectivity index is 1.64. The van der Waals surface area contributed by atoms with Crippen LogP contribution < -0.4 is 5.32 Å². The smallest absolute Gasteiger partial charge is 0.335 e. The lowest BCUT2D eigenvalue weighted by atomic mass is 9.92. The lowest BCUT2D eigenvalue weighted by Gasteiger charge is -2.33. The van der Waals surface area contributed by atoms with Gasteiger partial charge in [-0.2, -0.15) is 0 Å². The van der Waals surface area contributed by atoms with E-state index in [2.05, 4.69) is 10.5 Å². The van der Waals surface area contributed by atoms with Crippen LogP contribution in [0.1, 0.15) is 44.2 Å². The number of carbonyl (C=O) groups is 1. The maximum atomic E-state index is 12.5. The average molecular weight is 489 g/mol. The van der Waals surface area contributed by atoms with Crippen LogP contribution in [0.4, 0.5) is 5.69 Å². The van der Waals surface area contributed by atoms with E-state index in [-0.39, 0.29) is 12.3 Å². The molecule has 0 fully saturated rings. The lowest BCUT2D eigenvalue weighted by Crippen LogP contribution is -2.24. The van der Waals surface area contributed by atoms with Crippen LogP contribution in [-0.2, 0) is 20.9 Å². The summed E-state index contributed by atoms with van der Waals surface area (Å²) in [5.41, 5.74) is 2.92. The first-order valence-corrected chi connectivity index (χ1v) is 13.6. The number of carbonyl (C=O) groups excluding carboxylic acids is 1. The van der Waals surface area contributed by atoms with Gasteiger partial charge in [-0.25, -0.2) is 0 Å². The van der Waals surface area contributed by atoms with E-state index in [0.29, 0.717) is 36.3 Å². The molecule has 176 valence electrons. The van der Waals surface area contributed by atoms with E-state index in [1.54, 1.807) is 56.1 Å². The number of hydrogen-bond donors (Lipinski definition) is 3. The van der Waals surface area contributed by atoms with Gasteiger partial charge in [-0.1, -0.05) is 43.3 Å². The minimum absolute atomic E-state index is 0.167. The monoisotopic (exact) mass is 488 g/mol. The predicted octanol–water partition coefficient (Wildman–Crippen LogP) is 5.83. The third-order valence-corrected chi connectivity index (χ3v) is 8.80. The van der Waals surface area contributed by atoms with Crippen LogP contribution in [0.15, 0.2) is 64.1 Å². The maximum Gasteiger partial charge on any atom is 0.335 e. The Kier molecular flexibility index (Phi) is 8.19. The number of aryl methyl sites for hydroxylation is 1. The fourth-order valence-electron chi connectivity index (χ4n) is 3.99. The Morgan fingerprint density at radius 3 is 2.27 bits per heavy atom. The Hall–Kier alpha value is -2.38. The lowest BCUT2D eigenvalue weighted by molar-refractivity contribution is -0.116. The molecule has 0 radical (unpaired) electrons. The van der Waals surface area contributed by atoms with Crippen LogP contribution in [0.25, 0.3) is 11.3 Å². The summed E-state index contributed by atoms with van der Waals surface area (Å²) in [6.07, 6.45) is 5.01. The summed E-state index contributed by atoms with van der Waals surface area (Å²) in [6, 6.07) is 14.7. The van der Waals surface area contributed by atoms with Crippen molar-refractivity contribution in [2.75, 3.05) is 11.6 Å². The number of nitrogens with one attached hydrogen (secondary N) is 1. The first kappa shape index (κ1) is 25.2. The predicted molar refractivity (Wildman–Crippen MR) is 131 cm³/mol. The molecule has 0 aliphatic heterocycles. The van der Waals surface area contributed by atoms with Gasteiger partial charge in [0.2, 0.25) is 5.91 Å². The highest BCUT2D eigenvalue weighted by Crippen LogP contribution is 2.60. The third kappa shape index (κ3) is 5.58. The molecule has 3 rings (SSSR count). The van der Waals surface area contributed by atoms with Crippen molar-refractivity contribution in [2.24, 2.45) is 0 Å². The van der Waals surface area contributed by atoms with Crippen LogP contribution in [0.5, 0.6) is 0 Å². The molecule has 0 saturated carbocycles. The minimum atomic E-state index is -4.35. The number of amides is 1. The van der Waals surface area contributed by atoms with Gasteiger partial charge < -0.3 is 19.6 Å². The van der Waals surface area contributed by atoms with Gasteiger partial charge >= 0.3 is 7.60 Å². The molecular weight excluding hydrogens is 459 g/mol. The van der Waals surface area contributed by atoms with Gasteiger partial charge in [-0.05, 0) is 55.3 Å². The van der Waals surface area contributed by atoms with Gasteiger partial charge in [-0.3, -0.25) is 9.36 Å². The Labute approximate surface area is 198 Å². The van der Waals surface area contributed by atoms with Gasteiger partial charge in [0.15, 0.2) is 5.76 Å². The van der Waals surface area contributed by atoms with Gasteiger partial charge in [0, 0.05) is 28.1 Å². The van der Waals surface area contributed by atoms with Crippen molar-refractivity contribution in [1.82, 2.24) is 5.16 Å². The zero-order valence-corrected chi connectivity index (χ0v) is 20.7. The van der Waals surface area contributed by atoms with Crippen LogP contribution >= 0.6 is 19.4 Å². The Morgan fingerprint density at radius 1 is 1.09 bits per heavy atom. The quantitative estimate of drug-likeness (QED) is 0.243. The van der Waals surface area contributed by atoms with Crippen LogP contribution in [0, 0.1) is 0 Å². The number of nitrogens with zero attached hydrogens (tertiary/aromatic N) is 1. The summed E-state index contributed by atoms with van der Waals surface area (Å²) >= 11 is 1.66. The van der Waals surface area contributed by atoms with Crippen molar-refractivity contribution in [2.45, 2.75) is 49.6 Å². The molecule has 0 spiro atoms. The van der Waals surface area contributed by atoms with Crippen molar-refractivity contribution in [1.29, 1.82) is 0 Å². The highest BCUT2D eigenvalue weighted by molar-refractivity contribution is 7.98. The second-order valence-electron chi connectivity index (χ2n) is 7.82. The molecule has 7 nitrogen and oxygen atoms in total. The van der Waals surface area contributed by atoms with E-state index in [9.17, 15) is 19.1 Å². The van der Waals surface area contributed by atoms with Crippen molar-refractivity contribution in [3.05, 3.63) is 65.9 Å². The number of aromatic nitrogens is 1. The topological polar surface area (TPSA) is 113 Å². The van der Waals surface area contributed by atoms with Crippen LogP contribution in [0.3, 0.4) is 0 Å². The molecule has 3 N–H and O–H groups in total. The van der Waals surface area contributed by atoms with Crippen LogP contribution in [0.2, 0.25) is 0 Å². The number of thioether (sulfide) groups is 1. The summed E-state index contributed by atoms with van der Waals surface area (Å²) in [7, 11) is -4.35. The highest BCUT2D eigenvalue weighted by Gasteiger charge is 2.45. The maximum absolute atomic E-state index is 12.5. The largest absolute Gasteiger partial charge is 0.356 e. The molecule has 1 amide bonds. The van der Waals surface area contributed by atoms with E-state index in [4.69, 9.17) is 4.52 Å². The van der Waals surface area contributed by atoms with Gasteiger partial charge in [0.05, 0.1) is 11.4 Å². The Morgan fingerprint density at radius 2 is 1.73 bits per heavy atom. The first-order valence-electron chi connectivity index (χ1n) is 10.8. The molecule has 2 aromatic carbocycles. The second-order valence-corrected chi connectivity index (χ2v) is 10.6. The second kappa shape index (κ2) is 10.7. The van der Waals surface area contributed by atoms with E-state index in [1.165, 1.54) is 0 Å². The fraction of sp³-hybridized carbons (Fsp3) is 0.333. The summed E-state index contributed by atoms with van der Waals surface area (Å²) in [6.45, 7) is 3.54. The van der Waals surface area contributed by atoms with Crippen molar-refractivity contribution in [3.8, 4) is 11.3 Å². The highest BCUT2D eigenvalue weighted by atomic mass is 32.2. The third-order valence-electron chi connectivity index (χ3n) is 6.05. The Bertz CT molecular complexity index is 1120. The van der Waals surface area contributed by atoms with E-state index >= 15 is 0 Å². The number of anilines is 1. The van der Waals surface area contributed by atoms with Gasteiger partial charge in [0.25, 0.3) is 0 Å². The summed E-state index contributed by atoms with van der Waals surface area (Å²) in [5.74, 6) is 0.493. The molecule has 0 saturated heterocycles. The van der Waals surface area contributed by atoms with Crippen molar-refractivity contribution >= 4 is 31.0 Å². The van der Waals surface area contributed by atoms with E-state index < -0.39 is 12.8 Å². The van der Waals surface area contributed by atoms with Crippen molar-refractivity contribution < 1.29 is 23.7 Å². The van der Waals surface area contributed by atoms with E-state index in [1.807, 2.05) is 30.5 Å².